The lowest BCUT2D eigenvalue weighted by Crippen LogP contribution is -2.29. The van der Waals surface area contributed by atoms with Crippen molar-refractivity contribution in [2.75, 3.05) is 5.73 Å². The number of rotatable bonds is 2. The molecule has 3 aromatic heterocycles. The van der Waals surface area contributed by atoms with Crippen molar-refractivity contribution in [1.82, 2.24) is 19.5 Å². The largest absolute Gasteiger partial charge is 0.383 e. The number of nitrogen functional groups attached to an aromatic ring is 1. The minimum atomic E-state index is -0.497. The molecule has 0 atom stereocenters. The molecule has 3 N–H and O–H groups in total. The summed E-state index contributed by atoms with van der Waals surface area (Å²) in [6.07, 6.45) is 1.41. The molecule has 3 aromatic rings. The highest BCUT2D eigenvalue weighted by Crippen LogP contribution is 2.31. The molecule has 0 aliphatic rings. The molecular formula is C13H13N5O2S. The van der Waals surface area contributed by atoms with Crippen molar-refractivity contribution in [1.29, 1.82) is 0 Å². The molecule has 0 saturated carbocycles. The third kappa shape index (κ3) is 2.33. The molecule has 21 heavy (non-hydrogen) atoms. The number of hydrogen-bond acceptors (Lipinski definition) is 6. The van der Waals surface area contributed by atoms with E-state index >= 15 is 0 Å². The van der Waals surface area contributed by atoms with Gasteiger partial charge in [0.25, 0.3) is 5.56 Å². The molecule has 8 heteroatoms. The smallest absolute Gasteiger partial charge is 0.328 e. The molecule has 0 aliphatic heterocycles. The van der Waals surface area contributed by atoms with Crippen LogP contribution in [0.1, 0.15) is 16.3 Å². The highest BCUT2D eigenvalue weighted by Gasteiger charge is 2.13. The molecule has 0 bridgehead atoms. The molecular weight excluding hydrogens is 290 g/mol. The predicted molar refractivity (Wildman–Crippen MR) is 81.7 cm³/mol. The van der Waals surface area contributed by atoms with E-state index in [2.05, 4.69) is 15.0 Å². The van der Waals surface area contributed by atoms with Gasteiger partial charge in [-0.05, 0) is 19.4 Å². The number of aryl methyl sites for hydroxylation is 2. The highest BCUT2D eigenvalue weighted by molar-refractivity contribution is 7.18. The van der Waals surface area contributed by atoms with Gasteiger partial charge in [0, 0.05) is 17.1 Å². The second-order valence-electron chi connectivity index (χ2n) is 4.73. The van der Waals surface area contributed by atoms with Crippen LogP contribution in [0.25, 0.3) is 10.2 Å². The van der Waals surface area contributed by atoms with Gasteiger partial charge < -0.3 is 5.73 Å². The summed E-state index contributed by atoms with van der Waals surface area (Å²) in [5.74, 6) is 0.852. The Kier molecular flexibility index (Phi) is 3.09. The van der Waals surface area contributed by atoms with Crippen molar-refractivity contribution >= 4 is 27.4 Å². The van der Waals surface area contributed by atoms with Gasteiger partial charge in [-0.1, -0.05) is 0 Å². The monoisotopic (exact) mass is 303 g/mol. The Hall–Kier alpha value is -2.48. The van der Waals surface area contributed by atoms with Gasteiger partial charge in [-0.25, -0.2) is 14.8 Å². The number of nitrogens with zero attached hydrogens (tertiary/aromatic N) is 3. The average Bonchev–Trinajstić information content (AvgIpc) is 2.69. The summed E-state index contributed by atoms with van der Waals surface area (Å²) in [6.45, 7) is 4.15. The van der Waals surface area contributed by atoms with Crippen molar-refractivity contribution in [3.05, 3.63) is 49.4 Å². The summed E-state index contributed by atoms with van der Waals surface area (Å²) in [5.41, 5.74) is 6.15. The maximum Gasteiger partial charge on any atom is 0.328 e. The average molecular weight is 303 g/mol. The van der Waals surface area contributed by atoms with Crippen LogP contribution in [0.15, 0.2) is 21.9 Å². The van der Waals surface area contributed by atoms with E-state index in [1.807, 2.05) is 13.8 Å². The summed E-state index contributed by atoms with van der Waals surface area (Å²) >= 11 is 1.55. The number of thiophene rings is 1. The lowest BCUT2D eigenvalue weighted by atomic mass is 10.2. The Morgan fingerprint density at radius 2 is 2.10 bits per heavy atom. The second kappa shape index (κ2) is 4.81. The number of nitrogens with one attached hydrogen (secondary N) is 1. The van der Waals surface area contributed by atoms with Crippen LogP contribution in [0, 0.1) is 13.8 Å². The van der Waals surface area contributed by atoms with Crippen LogP contribution in [0.3, 0.4) is 0 Å². The second-order valence-corrected chi connectivity index (χ2v) is 5.93. The van der Waals surface area contributed by atoms with E-state index in [1.165, 1.54) is 16.8 Å². The van der Waals surface area contributed by atoms with E-state index in [1.54, 1.807) is 11.3 Å². The number of hydrogen-bond donors (Lipinski definition) is 2. The van der Waals surface area contributed by atoms with Crippen molar-refractivity contribution in [2.45, 2.75) is 20.4 Å². The molecule has 0 aromatic carbocycles. The Bertz CT molecular complexity index is 953. The number of anilines is 1. The minimum Gasteiger partial charge on any atom is -0.383 e. The normalized spacial score (nSPS) is 11.1. The lowest BCUT2D eigenvalue weighted by molar-refractivity contribution is 0.690. The van der Waals surface area contributed by atoms with Gasteiger partial charge in [0.05, 0.1) is 11.9 Å². The first-order valence-corrected chi connectivity index (χ1v) is 7.09. The van der Waals surface area contributed by atoms with Crippen LogP contribution in [0.4, 0.5) is 5.82 Å². The number of H-pyrrole nitrogens is 1. The molecule has 3 rings (SSSR count). The molecule has 108 valence electrons. The summed E-state index contributed by atoms with van der Waals surface area (Å²) in [5, 5.41) is 0.870. The molecule has 0 unspecified atom stereocenters. The van der Waals surface area contributed by atoms with Gasteiger partial charge in [-0.15, -0.1) is 11.3 Å². The van der Waals surface area contributed by atoms with Gasteiger partial charge in [0.2, 0.25) is 0 Å². The SMILES string of the molecule is Cc1sc2nc(Cn3ccc(=O)[nH]c3=O)nc(N)c2c1C. The Morgan fingerprint density at radius 1 is 1.33 bits per heavy atom. The van der Waals surface area contributed by atoms with E-state index in [-0.39, 0.29) is 6.54 Å². The van der Waals surface area contributed by atoms with Crippen LogP contribution in [0.2, 0.25) is 0 Å². The maximum atomic E-state index is 11.7. The summed E-state index contributed by atoms with van der Waals surface area (Å²) in [7, 11) is 0. The van der Waals surface area contributed by atoms with Gasteiger partial charge in [0.1, 0.15) is 10.6 Å². The van der Waals surface area contributed by atoms with Gasteiger partial charge >= 0.3 is 5.69 Å². The molecule has 0 amide bonds. The maximum absolute atomic E-state index is 11.7. The van der Waals surface area contributed by atoms with Crippen molar-refractivity contribution in [3.63, 3.8) is 0 Å². The van der Waals surface area contributed by atoms with E-state index in [4.69, 9.17) is 5.73 Å². The number of aromatic amines is 1. The van der Waals surface area contributed by atoms with Crippen LogP contribution >= 0.6 is 11.3 Å². The fourth-order valence-electron chi connectivity index (χ4n) is 2.12. The van der Waals surface area contributed by atoms with Gasteiger partial charge in [-0.3, -0.25) is 14.3 Å². The van der Waals surface area contributed by atoms with Gasteiger partial charge in [0.15, 0.2) is 5.82 Å². The zero-order valence-corrected chi connectivity index (χ0v) is 12.3. The number of aromatic nitrogens is 4. The Balaban J connectivity index is 2.09. The van der Waals surface area contributed by atoms with E-state index in [9.17, 15) is 9.59 Å². The quantitative estimate of drug-likeness (QED) is 0.728. The molecule has 0 saturated heterocycles. The number of nitrogens with two attached hydrogens (primary N) is 1. The Labute approximate surface area is 123 Å². The standard InChI is InChI=1S/C13H13N5O2S/c1-6-7(2)21-12-10(6)11(14)15-8(16-12)5-18-4-3-9(19)17-13(18)20/h3-4H,5H2,1-2H3,(H2,14,15,16)(H,17,19,20). The summed E-state index contributed by atoms with van der Waals surface area (Å²) < 4.78 is 1.33. The van der Waals surface area contributed by atoms with Crippen molar-refractivity contribution in [2.24, 2.45) is 0 Å². The molecule has 0 radical (unpaired) electrons. The van der Waals surface area contributed by atoms with Crippen LogP contribution in [-0.2, 0) is 6.54 Å². The first-order valence-electron chi connectivity index (χ1n) is 6.27. The molecule has 3 heterocycles. The zero-order valence-electron chi connectivity index (χ0n) is 11.5. The van der Waals surface area contributed by atoms with Crippen molar-refractivity contribution < 1.29 is 0 Å². The van der Waals surface area contributed by atoms with E-state index < -0.39 is 11.2 Å². The van der Waals surface area contributed by atoms with E-state index in [0.717, 1.165) is 20.7 Å². The first kappa shape index (κ1) is 13.5. The highest BCUT2D eigenvalue weighted by atomic mass is 32.1. The third-order valence-corrected chi connectivity index (χ3v) is 4.41. The van der Waals surface area contributed by atoms with Gasteiger partial charge in [-0.2, -0.15) is 0 Å². The predicted octanol–water partition coefficient (Wildman–Crippen LogP) is 0.789. The fraction of sp³-hybridized carbons (Fsp3) is 0.231. The summed E-state index contributed by atoms with van der Waals surface area (Å²) in [4.78, 5) is 35.6. The fourth-order valence-corrected chi connectivity index (χ4v) is 3.17. The summed E-state index contributed by atoms with van der Waals surface area (Å²) in [6, 6.07) is 1.28. The Morgan fingerprint density at radius 3 is 2.81 bits per heavy atom. The van der Waals surface area contributed by atoms with Crippen LogP contribution < -0.4 is 17.0 Å². The molecule has 7 nitrogen and oxygen atoms in total. The molecule has 0 fully saturated rings. The minimum absolute atomic E-state index is 0.158. The van der Waals surface area contributed by atoms with Crippen LogP contribution in [0.5, 0.6) is 0 Å². The van der Waals surface area contributed by atoms with Crippen molar-refractivity contribution in [3.8, 4) is 0 Å². The third-order valence-electron chi connectivity index (χ3n) is 3.31. The molecule has 0 spiro atoms. The first-order chi connectivity index (χ1) is 9.95. The van der Waals surface area contributed by atoms with E-state index in [0.29, 0.717) is 11.6 Å². The molecule has 0 aliphatic carbocycles. The zero-order chi connectivity index (χ0) is 15.1. The topological polar surface area (TPSA) is 107 Å². The lowest BCUT2D eigenvalue weighted by Gasteiger charge is -2.05. The number of fused-ring (bicyclic) bond motifs is 1. The van der Waals surface area contributed by atoms with Crippen LogP contribution in [-0.4, -0.2) is 19.5 Å².